The van der Waals surface area contributed by atoms with E-state index >= 15 is 0 Å². The molecule has 1 aliphatic heterocycles. The molecule has 7 heteroatoms. The molecular formula is C13H20O7. The highest BCUT2D eigenvalue weighted by Crippen LogP contribution is 2.29. The summed E-state index contributed by atoms with van der Waals surface area (Å²) in [6.07, 6.45) is -0.810. The summed E-state index contributed by atoms with van der Waals surface area (Å²) in [5.41, 5.74) is 0. The lowest BCUT2D eigenvalue weighted by molar-refractivity contribution is -0.179. The summed E-state index contributed by atoms with van der Waals surface area (Å²) >= 11 is 0. The minimum Gasteiger partial charge on any atom is -0.467 e. The van der Waals surface area contributed by atoms with E-state index in [2.05, 4.69) is 4.74 Å². The summed E-state index contributed by atoms with van der Waals surface area (Å²) < 4.78 is 19.7. The molecule has 0 saturated carbocycles. The van der Waals surface area contributed by atoms with Crippen LogP contribution in [0.2, 0.25) is 0 Å². The van der Waals surface area contributed by atoms with Crippen LogP contribution in [0.25, 0.3) is 0 Å². The second-order valence-corrected chi connectivity index (χ2v) is 4.30. The number of hydrogen-bond acceptors (Lipinski definition) is 7. The van der Waals surface area contributed by atoms with Crippen LogP contribution in [-0.2, 0) is 33.3 Å². The van der Waals surface area contributed by atoms with Gasteiger partial charge in [-0.15, -0.1) is 0 Å². The third kappa shape index (κ3) is 3.93. The largest absolute Gasteiger partial charge is 0.467 e. The molecule has 1 rings (SSSR count). The number of ether oxygens (including phenoxy) is 4. The van der Waals surface area contributed by atoms with Crippen molar-refractivity contribution in [1.82, 2.24) is 0 Å². The van der Waals surface area contributed by atoms with E-state index in [1.54, 1.807) is 13.8 Å². The fourth-order valence-electron chi connectivity index (χ4n) is 2.09. The minimum atomic E-state index is -0.861. The first-order valence-corrected chi connectivity index (χ1v) is 6.57. The molecule has 0 aliphatic carbocycles. The summed E-state index contributed by atoms with van der Waals surface area (Å²) in [5.74, 6) is -3.13. The molecule has 1 saturated heterocycles. The van der Waals surface area contributed by atoms with E-state index in [1.165, 1.54) is 7.11 Å². The Kier molecular flexibility index (Phi) is 6.44. The van der Waals surface area contributed by atoms with Gasteiger partial charge >= 0.3 is 17.9 Å². The molecule has 1 fully saturated rings. The summed E-state index contributed by atoms with van der Waals surface area (Å²) in [6, 6.07) is 0. The van der Waals surface area contributed by atoms with Crippen LogP contribution in [0.4, 0.5) is 0 Å². The molecule has 1 heterocycles. The number of carbonyl (C=O) groups is 3. The molecule has 7 nitrogen and oxygen atoms in total. The van der Waals surface area contributed by atoms with Crippen LogP contribution < -0.4 is 0 Å². The van der Waals surface area contributed by atoms with Crippen LogP contribution in [0.3, 0.4) is 0 Å². The molecule has 114 valence electrons. The average Bonchev–Trinajstić information content (AvgIpc) is 2.46. The van der Waals surface area contributed by atoms with Crippen molar-refractivity contribution < 1.29 is 33.3 Å². The van der Waals surface area contributed by atoms with Crippen molar-refractivity contribution in [3.05, 3.63) is 0 Å². The van der Waals surface area contributed by atoms with Crippen molar-refractivity contribution in [2.45, 2.75) is 26.4 Å². The number of hydrogen-bond donors (Lipinski definition) is 0. The van der Waals surface area contributed by atoms with Crippen LogP contribution in [-0.4, -0.2) is 50.9 Å². The van der Waals surface area contributed by atoms with E-state index < -0.39 is 35.8 Å². The maximum Gasteiger partial charge on any atom is 0.334 e. The lowest BCUT2D eigenvalue weighted by Gasteiger charge is -2.32. The molecule has 0 bridgehead atoms. The van der Waals surface area contributed by atoms with Crippen molar-refractivity contribution in [2.24, 2.45) is 11.8 Å². The lowest BCUT2D eigenvalue weighted by atomic mass is 9.85. The second-order valence-electron chi connectivity index (χ2n) is 4.30. The normalized spacial score (nSPS) is 25.6. The summed E-state index contributed by atoms with van der Waals surface area (Å²) in [6.45, 7) is 3.70. The summed E-state index contributed by atoms with van der Waals surface area (Å²) in [5, 5.41) is 0. The van der Waals surface area contributed by atoms with E-state index in [4.69, 9.17) is 14.2 Å². The van der Waals surface area contributed by atoms with Gasteiger partial charge in [-0.1, -0.05) is 0 Å². The fraction of sp³-hybridized carbons (Fsp3) is 0.769. The number of carbonyl (C=O) groups excluding carboxylic acids is 3. The van der Waals surface area contributed by atoms with E-state index in [-0.39, 0.29) is 26.2 Å². The van der Waals surface area contributed by atoms with E-state index in [0.717, 1.165) is 0 Å². The van der Waals surface area contributed by atoms with Gasteiger partial charge in [0.1, 0.15) is 0 Å². The van der Waals surface area contributed by atoms with Crippen molar-refractivity contribution in [3.8, 4) is 0 Å². The van der Waals surface area contributed by atoms with Crippen LogP contribution in [0.5, 0.6) is 0 Å². The number of esters is 3. The Labute approximate surface area is 117 Å². The van der Waals surface area contributed by atoms with Crippen molar-refractivity contribution >= 4 is 17.9 Å². The maximum atomic E-state index is 11.9. The van der Waals surface area contributed by atoms with Gasteiger partial charge in [0.25, 0.3) is 0 Å². The predicted octanol–water partition coefficient (Wildman–Crippen LogP) is 0.307. The van der Waals surface area contributed by atoms with Crippen molar-refractivity contribution in [3.63, 3.8) is 0 Å². The standard InChI is InChI=1S/C13H20O7/c1-4-18-11(14)8-6-10(13(16)17-3)20-7-9(8)12(15)19-5-2/h8-10H,4-7H2,1-3H3. The smallest absolute Gasteiger partial charge is 0.334 e. The minimum absolute atomic E-state index is 0.0506. The first kappa shape index (κ1) is 16.4. The first-order valence-electron chi connectivity index (χ1n) is 6.57. The van der Waals surface area contributed by atoms with Crippen LogP contribution in [0.15, 0.2) is 0 Å². The van der Waals surface area contributed by atoms with Gasteiger partial charge in [-0.2, -0.15) is 0 Å². The van der Waals surface area contributed by atoms with Gasteiger partial charge in [-0.3, -0.25) is 9.59 Å². The first-order chi connectivity index (χ1) is 9.54. The maximum absolute atomic E-state index is 11.9. The van der Waals surface area contributed by atoms with E-state index in [0.29, 0.717) is 0 Å². The van der Waals surface area contributed by atoms with Gasteiger partial charge in [0.05, 0.1) is 38.8 Å². The topological polar surface area (TPSA) is 88.1 Å². The lowest BCUT2D eigenvalue weighted by Crippen LogP contribution is -2.45. The van der Waals surface area contributed by atoms with Gasteiger partial charge in [-0.25, -0.2) is 4.79 Å². The van der Waals surface area contributed by atoms with Gasteiger partial charge in [0.15, 0.2) is 6.10 Å². The zero-order valence-corrected chi connectivity index (χ0v) is 11.9. The summed E-state index contributed by atoms with van der Waals surface area (Å²) in [4.78, 5) is 35.3. The molecule has 0 aromatic rings. The molecule has 3 unspecified atom stereocenters. The summed E-state index contributed by atoms with van der Waals surface area (Å²) in [7, 11) is 1.24. The van der Waals surface area contributed by atoms with Crippen molar-refractivity contribution in [1.29, 1.82) is 0 Å². The quantitative estimate of drug-likeness (QED) is 0.531. The van der Waals surface area contributed by atoms with Gasteiger partial charge < -0.3 is 18.9 Å². The molecular weight excluding hydrogens is 268 g/mol. The van der Waals surface area contributed by atoms with Crippen LogP contribution >= 0.6 is 0 Å². The Morgan fingerprint density at radius 3 is 2.05 bits per heavy atom. The highest BCUT2D eigenvalue weighted by Gasteiger charge is 2.44. The third-order valence-corrected chi connectivity index (χ3v) is 3.07. The van der Waals surface area contributed by atoms with Crippen LogP contribution in [0, 0.1) is 11.8 Å². The van der Waals surface area contributed by atoms with Crippen molar-refractivity contribution in [2.75, 3.05) is 26.9 Å². The highest BCUT2D eigenvalue weighted by atomic mass is 16.6. The molecule has 0 N–H and O–H groups in total. The molecule has 1 aliphatic rings. The van der Waals surface area contributed by atoms with Crippen LogP contribution in [0.1, 0.15) is 20.3 Å². The average molecular weight is 288 g/mol. The van der Waals surface area contributed by atoms with E-state index in [9.17, 15) is 14.4 Å². The van der Waals surface area contributed by atoms with Gasteiger partial charge in [-0.05, 0) is 20.3 Å². The second kappa shape index (κ2) is 7.84. The Balaban J connectivity index is 2.82. The van der Waals surface area contributed by atoms with Gasteiger partial charge in [0, 0.05) is 0 Å². The molecule has 3 atom stereocenters. The molecule has 0 radical (unpaired) electrons. The molecule has 20 heavy (non-hydrogen) atoms. The monoisotopic (exact) mass is 288 g/mol. The Bertz CT molecular complexity index is 366. The predicted molar refractivity (Wildman–Crippen MR) is 66.6 cm³/mol. The number of methoxy groups -OCH3 is 1. The Morgan fingerprint density at radius 1 is 1.00 bits per heavy atom. The fourth-order valence-corrected chi connectivity index (χ4v) is 2.09. The molecule has 0 amide bonds. The zero-order valence-electron chi connectivity index (χ0n) is 11.9. The Morgan fingerprint density at radius 2 is 1.55 bits per heavy atom. The van der Waals surface area contributed by atoms with E-state index in [1.807, 2.05) is 0 Å². The highest BCUT2D eigenvalue weighted by molar-refractivity contribution is 5.84. The number of rotatable bonds is 5. The van der Waals surface area contributed by atoms with Gasteiger partial charge in [0.2, 0.25) is 0 Å². The Hall–Kier alpha value is -1.63. The molecule has 0 aromatic carbocycles. The zero-order chi connectivity index (χ0) is 15.1. The SMILES string of the molecule is CCOC(=O)C1COC(C(=O)OC)CC1C(=O)OCC. The molecule has 0 spiro atoms. The molecule has 0 aromatic heterocycles. The third-order valence-electron chi connectivity index (χ3n) is 3.07.